The van der Waals surface area contributed by atoms with Gasteiger partial charge in [0.15, 0.2) is 5.96 Å². The van der Waals surface area contributed by atoms with Crippen LogP contribution in [0.4, 0.5) is 0 Å². The molecule has 0 saturated carbocycles. The summed E-state index contributed by atoms with van der Waals surface area (Å²) in [5, 5.41) is 7.37. The molecule has 0 fully saturated rings. The van der Waals surface area contributed by atoms with E-state index >= 15 is 0 Å². The topological polar surface area (TPSA) is 68.2 Å². The summed E-state index contributed by atoms with van der Waals surface area (Å²) in [4.78, 5) is 4.38. The average molecular weight is 271 g/mol. The molecule has 5 heteroatoms. The van der Waals surface area contributed by atoms with Gasteiger partial charge in [0.1, 0.15) is 0 Å². The zero-order valence-electron chi connectivity index (χ0n) is 11.8. The van der Waals surface area contributed by atoms with Gasteiger partial charge in [-0.3, -0.25) is 0 Å². The SMILES string of the molecule is CCCCNC(N)=NCc1ccccc1-n1cccn1. The Morgan fingerprint density at radius 3 is 2.95 bits per heavy atom. The van der Waals surface area contributed by atoms with Gasteiger partial charge in [0.2, 0.25) is 0 Å². The predicted octanol–water partition coefficient (Wildman–Crippen LogP) is 2.08. The molecule has 0 unspecified atom stereocenters. The minimum atomic E-state index is 0.494. The van der Waals surface area contributed by atoms with E-state index in [0.717, 1.165) is 30.6 Å². The van der Waals surface area contributed by atoms with E-state index in [2.05, 4.69) is 22.3 Å². The quantitative estimate of drug-likeness (QED) is 0.480. The molecule has 0 atom stereocenters. The molecule has 1 aromatic carbocycles. The second-order valence-corrected chi connectivity index (χ2v) is 4.56. The van der Waals surface area contributed by atoms with Crippen LogP contribution in [0.1, 0.15) is 25.3 Å². The van der Waals surface area contributed by atoms with Gasteiger partial charge in [0, 0.05) is 18.9 Å². The number of aromatic nitrogens is 2. The highest BCUT2D eigenvalue weighted by Gasteiger charge is 2.03. The summed E-state index contributed by atoms with van der Waals surface area (Å²) < 4.78 is 1.84. The minimum Gasteiger partial charge on any atom is -0.370 e. The van der Waals surface area contributed by atoms with Gasteiger partial charge in [0.25, 0.3) is 0 Å². The lowest BCUT2D eigenvalue weighted by Gasteiger charge is -2.08. The third-order valence-corrected chi connectivity index (χ3v) is 3.00. The molecule has 2 rings (SSSR count). The van der Waals surface area contributed by atoms with Crippen molar-refractivity contribution in [1.82, 2.24) is 15.1 Å². The molecule has 0 aliphatic heterocycles. The predicted molar refractivity (Wildman–Crippen MR) is 81.8 cm³/mol. The fraction of sp³-hybridized carbons (Fsp3) is 0.333. The fourth-order valence-corrected chi connectivity index (χ4v) is 1.90. The molecule has 0 aliphatic rings. The number of aliphatic imine (C=N–C) groups is 1. The highest BCUT2D eigenvalue weighted by Crippen LogP contribution is 2.14. The lowest BCUT2D eigenvalue weighted by molar-refractivity contribution is 0.747. The number of nitrogens with one attached hydrogen (secondary N) is 1. The van der Waals surface area contributed by atoms with Crippen molar-refractivity contribution in [3.8, 4) is 5.69 Å². The van der Waals surface area contributed by atoms with E-state index < -0.39 is 0 Å². The molecular formula is C15H21N5. The second kappa shape index (κ2) is 7.33. The van der Waals surface area contributed by atoms with Gasteiger partial charge in [-0.05, 0) is 24.1 Å². The maximum Gasteiger partial charge on any atom is 0.188 e. The summed E-state index contributed by atoms with van der Waals surface area (Å²) in [5.74, 6) is 0.494. The molecule has 0 amide bonds. The van der Waals surface area contributed by atoms with E-state index in [9.17, 15) is 0 Å². The van der Waals surface area contributed by atoms with Gasteiger partial charge >= 0.3 is 0 Å². The molecule has 0 spiro atoms. The zero-order valence-corrected chi connectivity index (χ0v) is 11.8. The molecule has 106 valence electrons. The van der Waals surface area contributed by atoms with Crippen molar-refractivity contribution in [1.29, 1.82) is 0 Å². The van der Waals surface area contributed by atoms with Gasteiger partial charge in [-0.25, -0.2) is 9.67 Å². The molecule has 20 heavy (non-hydrogen) atoms. The summed E-state index contributed by atoms with van der Waals surface area (Å²) >= 11 is 0. The van der Waals surface area contributed by atoms with E-state index in [0.29, 0.717) is 12.5 Å². The third kappa shape index (κ3) is 3.85. The maximum atomic E-state index is 5.85. The Labute approximate surface area is 119 Å². The Morgan fingerprint density at radius 1 is 1.35 bits per heavy atom. The van der Waals surface area contributed by atoms with Crippen LogP contribution < -0.4 is 11.1 Å². The number of hydrogen-bond donors (Lipinski definition) is 2. The molecule has 2 aromatic rings. The summed E-state index contributed by atoms with van der Waals surface area (Å²) in [6.45, 7) is 3.56. The first kappa shape index (κ1) is 14.1. The van der Waals surface area contributed by atoms with E-state index in [1.165, 1.54) is 0 Å². The molecule has 1 heterocycles. The number of rotatable bonds is 6. The van der Waals surface area contributed by atoms with Crippen LogP contribution in [0.3, 0.4) is 0 Å². The first-order chi connectivity index (χ1) is 9.81. The zero-order chi connectivity index (χ0) is 14.2. The van der Waals surface area contributed by atoms with E-state index in [1.807, 2.05) is 41.2 Å². The van der Waals surface area contributed by atoms with Crippen LogP contribution in [0.2, 0.25) is 0 Å². The van der Waals surface area contributed by atoms with Gasteiger partial charge < -0.3 is 11.1 Å². The van der Waals surface area contributed by atoms with Crippen molar-refractivity contribution in [2.75, 3.05) is 6.54 Å². The largest absolute Gasteiger partial charge is 0.370 e. The van der Waals surface area contributed by atoms with Crippen molar-refractivity contribution in [2.45, 2.75) is 26.3 Å². The van der Waals surface area contributed by atoms with Crippen molar-refractivity contribution >= 4 is 5.96 Å². The van der Waals surface area contributed by atoms with Crippen LogP contribution >= 0.6 is 0 Å². The number of para-hydroxylation sites is 1. The van der Waals surface area contributed by atoms with Crippen molar-refractivity contribution < 1.29 is 0 Å². The Balaban J connectivity index is 2.05. The highest BCUT2D eigenvalue weighted by molar-refractivity contribution is 5.77. The van der Waals surface area contributed by atoms with E-state index in [4.69, 9.17) is 5.73 Å². The maximum absolute atomic E-state index is 5.85. The third-order valence-electron chi connectivity index (χ3n) is 3.00. The van der Waals surface area contributed by atoms with Crippen molar-refractivity contribution in [3.63, 3.8) is 0 Å². The Kier molecular flexibility index (Phi) is 5.17. The lowest BCUT2D eigenvalue weighted by Crippen LogP contribution is -2.32. The summed E-state index contributed by atoms with van der Waals surface area (Å²) in [6.07, 6.45) is 5.93. The van der Waals surface area contributed by atoms with Crippen LogP contribution in [0.25, 0.3) is 5.69 Å². The Morgan fingerprint density at radius 2 is 2.20 bits per heavy atom. The monoisotopic (exact) mass is 271 g/mol. The van der Waals surface area contributed by atoms with Crippen LogP contribution in [0, 0.1) is 0 Å². The Bertz CT molecular complexity index is 545. The molecule has 1 aromatic heterocycles. The molecule has 0 bridgehead atoms. The smallest absolute Gasteiger partial charge is 0.188 e. The molecule has 3 N–H and O–H groups in total. The van der Waals surface area contributed by atoms with Gasteiger partial charge in [0.05, 0.1) is 12.2 Å². The molecule has 0 radical (unpaired) electrons. The molecule has 0 saturated heterocycles. The molecular weight excluding hydrogens is 250 g/mol. The second-order valence-electron chi connectivity index (χ2n) is 4.56. The number of nitrogens with zero attached hydrogens (tertiary/aromatic N) is 3. The number of unbranched alkanes of at least 4 members (excludes halogenated alkanes) is 1. The van der Waals surface area contributed by atoms with Gasteiger partial charge in [-0.1, -0.05) is 31.5 Å². The molecule has 5 nitrogen and oxygen atoms in total. The fourth-order valence-electron chi connectivity index (χ4n) is 1.90. The highest BCUT2D eigenvalue weighted by atomic mass is 15.3. The summed E-state index contributed by atoms with van der Waals surface area (Å²) in [5.41, 5.74) is 7.97. The first-order valence-electron chi connectivity index (χ1n) is 6.93. The van der Waals surface area contributed by atoms with Crippen LogP contribution in [0.15, 0.2) is 47.7 Å². The van der Waals surface area contributed by atoms with Crippen molar-refractivity contribution in [3.05, 3.63) is 48.3 Å². The Hall–Kier alpha value is -2.30. The lowest BCUT2D eigenvalue weighted by atomic mass is 10.2. The van der Waals surface area contributed by atoms with Gasteiger partial charge in [-0.15, -0.1) is 0 Å². The van der Waals surface area contributed by atoms with E-state index in [-0.39, 0.29) is 0 Å². The number of hydrogen-bond acceptors (Lipinski definition) is 2. The van der Waals surface area contributed by atoms with Crippen LogP contribution in [-0.4, -0.2) is 22.3 Å². The normalized spacial score (nSPS) is 11.6. The van der Waals surface area contributed by atoms with Crippen molar-refractivity contribution in [2.24, 2.45) is 10.7 Å². The minimum absolute atomic E-state index is 0.494. The standard InChI is InChI=1S/C15H21N5/c1-2-3-9-17-15(16)18-12-13-7-4-5-8-14(13)20-11-6-10-19-20/h4-8,10-11H,2-3,9,12H2,1H3,(H3,16,17,18). The number of guanidine groups is 1. The first-order valence-corrected chi connectivity index (χ1v) is 6.93. The van der Waals surface area contributed by atoms with Crippen LogP contribution in [-0.2, 0) is 6.54 Å². The number of benzene rings is 1. The van der Waals surface area contributed by atoms with Gasteiger partial charge in [-0.2, -0.15) is 5.10 Å². The number of nitrogens with two attached hydrogens (primary N) is 1. The van der Waals surface area contributed by atoms with E-state index in [1.54, 1.807) is 6.20 Å². The average Bonchev–Trinajstić information content (AvgIpc) is 3.00. The summed E-state index contributed by atoms with van der Waals surface area (Å²) in [7, 11) is 0. The van der Waals surface area contributed by atoms with Crippen LogP contribution in [0.5, 0.6) is 0 Å². The molecule has 0 aliphatic carbocycles. The summed E-state index contributed by atoms with van der Waals surface area (Å²) in [6, 6.07) is 9.96.